The third kappa shape index (κ3) is 6.42. The van der Waals surface area contributed by atoms with Crippen LogP contribution in [-0.4, -0.2) is 56.7 Å². The Labute approximate surface area is 160 Å². The van der Waals surface area contributed by atoms with Crippen molar-refractivity contribution in [2.75, 3.05) is 31.9 Å². The minimum Gasteiger partial charge on any atom is -0.357 e. The highest BCUT2D eigenvalue weighted by molar-refractivity contribution is 7.89. The first-order valence-electron chi connectivity index (χ1n) is 9.32. The van der Waals surface area contributed by atoms with E-state index >= 15 is 0 Å². The zero-order valence-corrected chi connectivity index (χ0v) is 16.7. The average Bonchev–Trinajstić information content (AvgIpc) is 2.64. The predicted octanol–water partition coefficient (Wildman–Crippen LogP) is 1.88. The van der Waals surface area contributed by atoms with E-state index in [1.807, 2.05) is 6.92 Å². The van der Waals surface area contributed by atoms with Crippen molar-refractivity contribution in [1.29, 1.82) is 0 Å². The van der Waals surface area contributed by atoms with Crippen molar-refractivity contribution in [2.24, 2.45) is 4.99 Å². The summed E-state index contributed by atoms with van der Waals surface area (Å²) in [5.74, 6) is -0.412. The maximum Gasteiger partial charge on any atom is 0.213 e. The van der Waals surface area contributed by atoms with Crippen molar-refractivity contribution in [3.8, 4) is 0 Å². The van der Waals surface area contributed by atoms with E-state index in [2.05, 4.69) is 15.6 Å². The summed E-state index contributed by atoms with van der Waals surface area (Å²) in [5, 5.41) is 6.47. The number of aliphatic imine (C=N–C) groups is 1. The fourth-order valence-corrected chi connectivity index (χ4v) is 4.12. The smallest absolute Gasteiger partial charge is 0.213 e. The molecule has 1 aliphatic heterocycles. The van der Waals surface area contributed by atoms with Gasteiger partial charge in [0.1, 0.15) is 11.6 Å². The third-order valence-electron chi connectivity index (χ3n) is 4.56. The van der Waals surface area contributed by atoms with Gasteiger partial charge in [-0.15, -0.1) is 0 Å². The quantitative estimate of drug-likeness (QED) is 0.540. The van der Waals surface area contributed by atoms with Crippen LogP contribution in [0.4, 0.5) is 8.78 Å². The Kier molecular flexibility index (Phi) is 7.97. The Morgan fingerprint density at radius 3 is 2.56 bits per heavy atom. The molecule has 1 aromatic rings. The summed E-state index contributed by atoms with van der Waals surface area (Å²) < 4.78 is 52.0. The predicted molar refractivity (Wildman–Crippen MR) is 103 cm³/mol. The van der Waals surface area contributed by atoms with E-state index in [1.54, 1.807) is 6.92 Å². The molecule has 2 N–H and O–H groups in total. The number of nitrogens with zero attached hydrogens (tertiary/aromatic N) is 2. The van der Waals surface area contributed by atoms with Gasteiger partial charge in [-0.05, 0) is 44.7 Å². The van der Waals surface area contributed by atoms with Crippen molar-refractivity contribution in [2.45, 2.75) is 39.2 Å². The van der Waals surface area contributed by atoms with E-state index < -0.39 is 21.7 Å². The van der Waals surface area contributed by atoms with Crippen molar-refractivity contribution in [1.82, 2.24) is 14.9 Å². The van der Waals surface area contributed by atoms with Crippen LogP contribution in [0, 0.1) is 11.6 Å². The number of guanidine groups is 1. The van der Waals surface area contributed by atoms with Gasteiger partial charge in [0.15, 0.2) is 5.96 Å². The molecule has 1 aliphatic rings. The molecule has 1 fully saturated rings. The maximum atomic E-state index is 13.7. The average molecular weight is 403 g/mol. The lowest BCUT2D eigenvalue weighted by Crippen LogP contribution is -2.50. The third-order valence-corrected chi connectivity index (χ3v) is 6.44. The highest BCUT2D eigenvalue weighted by Crippen LogP contribution is 2.14. The summed E-state index contributed by atoms with van der Waals surface area (Å²) in [5.41, 5.74) is 0.425. The van der Waals surface area contributed by atoms with E-state index in [9.17, 15) is 17.2 Å². The van der Waals surface area contributed by atoms with Gasteiger partial charge >= 0.3 is 0 Å². The molecular weight excluding hydrogens is 374 g/mol. The van der Waals surface area contributed by atoms with Gasteiger partial charge in [-0.2, -0.15) is 0 Å². The van der Waals surface area contributed by atoms with Crippen molar-refractivity contribution >= 4 is 16.0 Å². The number of rotatable bonds is 7. The molecule has 1 saturated heterocycles. The molecule has 0 radical (unpaired) electrons. The highest BCUT2D eigenvalue weighted by Gasteiger charge is 2.26. The van der Waals surface area contributed by atoms with Gasteiger partial charge < -0.3 is 10.6 Å². The molecule has 152 valence electrons. The van der Waals surface area contributed by atoms with Crippen LogP contribution >= 0.6 is 0 Å². The molecule has 0 aliphatic carbocycles. The van der Waals surface area contributed by atoms with Gasteiger partial charge in [0, 0.05) is 38.3 Å². The van der Waals surface area contributed by atoms with Gasteiger partial charge in [0.2, 0.25) is 10.0 Å². The highest BCUT2D eigenvalue weighted by atomic mass is 32.2. The van der Waals surface area contributed by atoms with Gasteiger partial charge in [0.25, 0.3) is 0 Å². The number of piperidine rings is 1. The Morgan fingerprint density at radius 2 is 1.96 bits per heavy atom. The number of nitrogens with one attached hydrogen (secondary N) is 2. The summed E-state index contributed by atoms with van der Waals surface area (Å²) in [4.78, 5) is 4.45. The van der Waals surface area contributed by atoms with Gasteiger partial charge in [-0.25, -0.2) is 21.5 Å². The molecule has 9 heteroatoms. The topological polar surface area (TPSA) is 73.8 Å². The van der Waals surface area contributed by atoms with E-state index in [0.717, 1.165) is 6.07 Å². The molecule has 0 amide bonds. The van der Waals surface area contributed by atoms with E-state index in [1.165, 1.54) is 16.4 Å². The van der Waals surface area contributed by atoms with Gasteiger partial charge in [-0.3, -0.25) is 4.99 Å². The summed E-state index contributed by atoms with van der Waals surface area (Å²) in [7, 11) is -3.14. The van der Waals surface area contributed by atoms with Crippen molar-refractivity contribution in [3.05, 3.63) is 35.4 Å². The van der Waals surface area contributed by atoms with Crippen LogP contribution in [0.2, 0.25) is 0 Å². The zero-order valence-electron chi connectivity index (χ0n) is 15.8. The largest absolute Gasteiger partial charge is 0.357 e. The first-order chi connectivity index (χ1) is 12.9. The van der Waals surface area contributed by atoms with Crippen LogP contribution in [-0.2, 0) is 16.4 Å². The molecule has 0 spiro atoms. The number of hydrogen-bond donors (Lipinski definition) is 2. The molecular formula is C18H28F2N4O2S. The molecule has 0 bridgehead atoms. The Hall–Kier alpha value is -1.74. The van der Waals surface area contributed by atoms with Crippen LogP contribution in [0.1, 0.15) is 32.3 Å². The minimum atomic E-state index is -3.14. The molecule has 1 aromatic carbocycles. The second-order valence-corrected chi connectivity index (χ2v) is 8.72. The zero-order chi connectivity index (χ0) is 19.9. The second-order valence-electron chi connectivity index (χ2n) is 6.46. The lowest BCUT2D eigenvalue weighted by molar-refractivity contribution is 0.306. The Balaban J connectivity index is 1.88. The fraction of sp³-hybridized carbons (Fsp3) is 0.611. The molecule has 6 nitrogen and oxygen atoms in total. The molecule has 0 aromatic heterocycles. The first-order valence-corrected chi connectivity index (χ1v) is 10.9. The van der Waals surface area contributed by atoms with E-state index in [-0.39, 0.29) is 11.8 Å². The monoisotopic (exact) mass is 402 g/mol. The van der Waals surface area contributed by atoms with Crippen LogP contribution in [0.3, 0.4) is 0 Å². The van der Waals surface area contributed by atoms with E-state index in [0.29, 0.717) is 57.0 Å². The summed E-state index contributed by atoms with van der Waals surface area (Å²) >= 11 is 0. The standard InChI is InChI=1S/C18H28F2N4O2S/c1-3-21-18(22-10-7-14-5-6-15(19)13-17(14)20)23-16-8-11-24(12-9-16)27(25,26)4-2/h5-6,13,16H,3-4,7-12H2,1-2H3,(H2,21,22,23). The number of sulfonamides is 1. The maximum absolute atomic E-state index is 13.7. The lowest BCUT2D eigenvalue weighted by Gasteiger charge is -2.32. The molecule has 1 heterocycles. The van der Waals surface area contributed by atoms with Crippen LogP contribution in [0.5, 0.6) is 0 Å². The molecule has 2 rings (SSSR count). The van der Waals surface area contributed by atoms with Crippen LogP contribution < -0.4 is 10.6 Å². The van der Waals surface area contributed by atoms with Gasteiger partial charge in [-0.1, -0.05) is 6.07 Å². The van der Waals surface area contributed by atoms with Crippen LogP contribution in [0.15, 0.2) is 23.2 Å². The summed E-state index contributed by atoms with van der Waals surface area (Å²) in [6.45, 7) is 5.63. The molecule has 0 saturated carbocycles. The van der Waals surface area contributed by atoms with Crippen molar-refractivity contribution < 1.29 is 17.2 Å². The Bertz CT molecular complexity index is 748. The SMILES string of the molecule is CCNC(=NCCc1ccc(F)cc1F)NC1CCN(S(=O)(=O)CC)CC1. The summed E-state index contributed by atoms with van der Waals surface area (Å²) in [6, 6.07) is 3.68. The number of benzene rings is 1. The Morgan fingerprint density at radius 1 is 1.26 bits per heavy atom. The van der Waals surface area contributed by atoms with Crippen LogP contribution in [0.25, 0.3) is 0 Å². The van der Waals surface area contributed by atoms with Crippen molar-refractivity contribution in [3.63, 3.8) is 0 Å². The number of halogens is 2. The number of hydrogen-bond acceptors (Lipinski definition) is 3. The second kappa shape index (κ2) is 9.98. The normalized spacial score (nSPS) is 17.1. The molecule has 27 heavy (non-hydrogen) atoms. The fourth-order valence-electron chi connectivity index (χ4n) is 2.99. The first kappa shape index (κ1) is 21.6. The minimum absolute atomic E-state index is 0.120. The molecule has 0 unspecified atom stereocenters. The molecule has 0 atom stereocenters. The van der Waals surface area contributed by atoms with E-state index in [4.69, 9.17) is 0 Å². The summed E-state index contributed by atoms with van der Waals surface area (Å²) in [6.07, 6.45) is 1.78. The van der Waals surface area contributed by atoms with Gasteiger partial charge in [0.05, 0.1) is 5.75 Å². The lowest BCUT2D eigenvalue weighted by atomic mass is 10.1.